The molecular weight excluding hydrogens is 448 g/mol. The molecular formula is C32H50O4. The van der Waals surface area contributed by atoms with Gasteiger partial charge in [-0.3, -0.25) is 9.59 Å². The van der Waals surface area contributed by atoms with Crippen molar-refractivity contribution in [3.63, 3.8) is 0 Å². The van der Waals surface area contributed by atoms with E-state index < -0.39 is 5.97 Å². The van der Waals surface area contributed by atoms with Crippen molar-refractivity contribution < 1.29 is 19.4 Å². The van der Waals surface area contributed by atoms with Crippen molar-refractivity contribution in [3.8, 4) is 0 Å². The topological polar surface area (TPSA) is 63.6 Å². The Balaban J connectivity index is 4.15. The number of carbonyl (C=O) groups is 2. The zero-order valence-corrected chi connectivity index (χ0v) is 22.8. The van der Waals surface area contributed by atoms with Crippen molar-refractivity contribution in [1.29, 1.82) is 0 Å². The highest BCUT2D eigenvalue weighted by atomic mass is 16.5. The van der Waals surface area contributed by atoms with Crippen LogP contribution in [-0.4, -0.2) is 23.1 Å². The molecule has 202 valence electrons. The number of allylic oxidation sites excluding steroid dienone is 10. The summed E-state index contributed by atoms with van der Waals surface area (Å²) in [5.74, 6) is -0.942. The number of aliphatic carboxylic acids is 1. The zero-order chi connectivity index (χ0) is 26.5. The van der Waals surface area contributed by atoms with Gasteiger partial charge >= 0.3 is 11.9 Å². The molecule has 36 heavy (non-hydrogen) atoms. The standard InChI is InChI=1S/C32H50O4/c1-3-5-7-9-10-11-12-13-14-15-16-17-18-19-25-29-32(35)36-30(26-22-8-6-4-2)27-23-20-21-24-28-31(33)34/h5,7,10-11,13-14,16-17,19,22,25-26,30H,3-4,6,8-9,12,15,18,20-21,23-24,27-29H2,1-2H3,(H,33,34)/b7-5-,11-10-,14-13-,17-16-,25-19-,26-22-. The van der Waals surface area contributed by atoms with Gasteiger partial charge in [0, 0.05) is 6.42 Å². The SMILES string of the molecule is CC/C=C\C/C=C\C/C=C\C/C=C\C/C=C\CC(=O)OC(/C=C\CCCC)CCCCCCC(=O)O. The highest BCUT2D eigenvalue weighted by Crippen LogP contribution is 2.13. The van der Waals surface area contributed by atoms with E-state index in [1.807, 2.05) is 18.2 Å². The maximum atomic E-state index is 12.3. The number of carbonyl (C=O) groups excluding carboxylic acids is 1. The van der Waals surface area contributed by atoms with Crippen LogP contribution in [0.4, 0.5) is 0 Å². The van der Waals surface area contributed by atoms with E-state index in [9.17, 15) is 9.59 Å². The molecule has 1 N–H and O–H groups in total. The van der Waals surface area contributed by atoms with E-state index >= 15 is 0 Å². The summed E-state index contributed by atoms with van der Waals surface area (Å²) in [6.07, 6.45) is 38.0. The zero-order valence-electron chi connectivity index (χ0n) is 22.8. The van der Waals surface area contributed by atoms with Crippen LogP contribution < -0.4 is 0 Å². The third-order valence-electron chi connectivity index (χ3n) is 5.43. The van der Waals surface area contributed by atoms with Crippen molar-refractivity contribution in [3.05, 3.63) is 72.9 Å². The van der Waals surface area contributed by atoms with Gasteiger partial charge in [0.05, 0.1) is 6.42 Å². The molecule has 0 aliphatic rings. The summed E-state index contributed by atoms with van der Waals surface area (Å²) in [4.78, 5) is 22.9. The van der Waals surface area contributed by atoms with Crippen LogP contribution in [0.1, 0.15) is 110 Å². The third-order valence-corrected chi connectivity index (χ3v) is 5.43. The van der Waals surface area contributed by atoms with Gasteiger partial charge in [-0.2, -0.15) is 0 Å². The molecule has 1 atom stereocenters. The fraction of sp³-hybridized carbons (Fsp3) is 0.562. The van der Waals surface area contributed by atoms with Crippen molar-refractivity contribution in [2.24, 2.45) is 0 Å². The number of esters is 1. The molecule has 0 aromatic heterocycles. The Morgan fingerprint density at radius 2 is 1.25 bits per heavy atom. The largest absolute Gasteiger partial charge is 0.481 e. The Morgan fingerprint density at radius 3 is 1.81 bits per heavy atom. The Bertz CT molecular complexity index is 710. The molecule has 0 saturated heterocycles. The Morgan fingerprint density at radius 1 is 0.694 bits per heavy atom. The first kappa shape index (κ1) is 33.4. The van der Waals surface area contributed by atoms with E-state index in [0.717, 1.165) is 77.0 Å². The lowest BCUT2D eigenvalue weighted by Crippen LogP contribution is -2.15. The molecule has 0 heterocycles. The molecule has 0 aliphatic heterocycles. The predicted octanol–water partition coefficient (Wildman–Crippen LogP) is 9.21. The van der Waals surface area contributed by atoms with Crippen LogP contribution in [0.3, 0.4) is 0 Å². The highest BCUT2D eigenvalue weighted by molar-refractivity contribution is 5.71. The number of carboxylic acids is 1. The molecule has 1 unspecified atom stereocenters. The third kappa shape index (κ3) is 26.0. The van der Waals surface area contributed by atoms with Gasteiger partial charge < -0.3 is 9.84 Å². The highest BCUT2D eigenvalue weighted by Gasteiger charge is 2.10. The van der Waals surface area contributed by atoms with Gasteiger partial charge in [-0.15, -0.1) is 0 Å². The summed E-state index contributed by atoms with van der Waals surface area (Å²) in [5, 5.41) is 8.72. The van der Waals surface area contributed by atoms with Crippen LogP contribution in [-0.2, 0) is 14.3 Å². The van der Waals surface area contributed by atoms with E-state index in [2.05, 4.69) is 68.5 Å². The summed E-state index contributed by atoms with van der Waals surface area (Å²) in [6.45, 7) is 4.30. The number of rotatable bonds is 23. The van der Waals surface area contributed by atoms with Crippen LogP contribution >= 0.6 is 0 Å². The fourth-order valence-electron chi connectivity index (χ4n) is 3.39. The van der Waals surface area contributed by atoms with Crippen LogP contribution in [0.25, 0.3) is 0 Å². The van der Waals surface area contributed by atoms with Crippen LogP contribution in [0, 0.1) is 0 Å². The summed E-state index contributed by atoms with van der Waals surface area (Å²) in [5.41, 5.74) is 0. The monoisotopic (exact) mass is 498 g/mol. The van der Waals surface area contributed by atoms with Crippen molar-refractivity contribution in [2.75, 3.05) is 0 Å². The van der Waals surface area contributed by atoms with E-state index in [1.54, 1.807) is 0 Å². The van der Waals surface area contributed by atoms with E-state index in [0.29, 0.717) is 6.42 Å². The van der Waals surface area contributed by atoms with Gasteiger partial charge in [-0.05, 0) is 63.9 Å². The maximum Gasteiger partial charge on any atom is 0.310 e. The molecule has 0 amide bonds. The van der Waals surface area contributed by atoms with Gasteiger partial charge in [0.1, 0.15) is 6.10 Å². The number of hydrogen-bond acceptors (Lipinski definition) is 3. The lowest BCUT2D eigenvalue weighted by Gasteiger charge is -2.14. The van der Waals surface area contributed by atoms with Crippen molar-refractivity contribution >= 4 is 11.9 Å². The average Bonchev–Trinajstić information content (AvgIpc) is 2.85. The Labute approximate surface area is 220 Å². The van der Waals surface area contributed by atoms with Crippen molar-refractivity contribution in [2.45, 2.75) is 116 Å². The van der Waals surface area contributed by atoms with E-state index in [4.69, 9.17) is 9.84 Å². The van der Waals surface area contributed by atoms with E-state index in [1.165, 1.54) is 0 Å². The molecule has 0 bridgehead atoms. The summed E-state index contributed by atoms with van der Waals surface area (Å²) in [6, 6.07) is 0. The molecule has 0 aliphatic carbocycles. The van der Waals surface area contributed by atoms with Gasteiger partial charge in [0.25, 0.3) is 0 Å². The Kier molecular flexibility index (Phi) is 25.0. The second kappa shape index (κ2) is 27.0. The first-order valence-electron chi connectivity index (χ1n) is 13.9. The summed E-state index contributed by atoms with van der Waals surface area (Å²) in [7, 11) is 0. The minimum absolute atomic E-state index is 0.198. The normalized spacial score (nSPS) is 13.4. The van der Waals surface area contributed by atoms with Gasteiger partial charge in [-0.25, -0.2) is 0 Å². The lowest BCUT2D eigenvalue weighted by atomic mass is 10.1. The molecule has 0 aromatic rings. The first-order valence-corrected chi connectivity index (χ1v) is 13.9. The second-order valence-corrected chi connectivity index (χ2v) is 8.86. The van der Waals surface area contributed by atoms with Crippen molar-refractivity contribution in [1.82, 2.24) is 0 Å². The van der Waals surface area contributed by atoms with Gasteiger partial charge in [0.15, 0.2) is 0 Å². The quantitative estimate of drug-likeness (QED) is 0.0866. The number of unbranched alkanes of at least 4 members (excludes halogenated alkanes) is 5. The summed E-state index contributed by atoms with van der Waals surface area (Å²) < 4.78 is 5.69. The molecule has 0 spiro atoms. The van der Waals surface area contributed by atoms with E-state index in [-0.39, 0.29) is 24.9 Å². The lowest BCUT2D eigenvalue weighted by molar-refractivity contribution is -0.146. The predicted molar refractivity (Wildman–Crippen MR) is 153 cm³/mol. The number of carboxylic acid groups (broad SMARTS) is 1. The molecule has 0 aromatic carbocycles. The molecule has 4 heteroatoms. The first-order chi connectivity index (χ1) is 17.6. The minimum atomic E-state index is -0.740. The molecule has 0 fully saturated rings. The smallest absolute Gasteiger partial charge is 0.310 e. The van der Waals surface area contributed by atoms with Crippen LogP contribution in [0.2, 0.25) is 0 Å². The molecule has 0 rings (SSSR count). The van der Waals surface area contributed by atoms with Gasteiger partial charge in [0.2, 0.25) is 0 Å². The average molecular weight is 499 g/mol. The Hall–Kier alpha value is -2.62. The van der Waals surface area contributed by atoms with Crippen LogP contribution in [0.5, 0.6) is 0 Å². The molecule has 4 nitrogen and oxygen atoms in total. The summed E-state index contributed by atoms with van der Waals surface area (Å²) >= 11 is 0. The second-order valence-electron chi connectivity index (χ2n) is 8.86. The number of hydrogen-bond donors (Lipinski definition) is 1. The minimum Gasteiger partial charge on any atom is -0.481 e. The maximum absolute atomic E-state index is 12.3. The number of ether oxygens (including phenoxy) is 1. The molecule has 0 radical (unpaired) electrons. The van der Waals surface area contributed by atoms with Crippen LogP contribution in [0.15, 0.2) is 72.9 Å². The van der Waals surface area contributed by atoms with Gasteiger partial charge in [-0.1, -0.05) is 106 Å². The molecule has 0 saturated carbocycles. The fourth-order valence-corrected chi connectivity index (χ4v) is 3.39.